The van der Waals surface area contributed by atoms with E-state index in [0.717, 1.165) is 19.6 Å². The van der Waals surface area contributed by atoms with Gasteiger partial charge < -0.3 is 14.2 Å². The highest BCUT2D eigenvalue weighted by Crippen LogP contribution is 2.35. The highest BCUT2D eigenvalue weighted by Gasteiger charge is 2.32. The molecule has 0 spiro atoms. The van der Waals surface area contributed by atoms with Crippen molar-refractivity contribution in [2.45, 2.75) is 19.5 Å². The second-order valence-electron chi connectivity index (χ2n) is 7.78. The van der Waals surface area contributed by atoms with E-state index in [0.29, 0.717) is 31.2 Å². The average Bonchev–Trinajstić information content (AvgIpc) is 3.35. The van der Waals surface area contributed by atoms with Gasteiger partial charge in [-0.3, -0.25) is 15.0 Å². The van der Waals surface area contributed by atoms with Gasteiger partial charge in [0.25, 0.3) is 0 Å². The molecule has 33 heavy (non-hydrogen) atoms. The van der Waals surface area contributed by atoms with E-state index in [1.54, 1.807) is 23.3 Å². The molecule has 170 valence electrons. The molecule has 0 radical (unpaired) electrons. The predicted octanol–water partition coefficient (Wildman–Crippen LogP) is 3.22. The van der Waals surface area contributed by atoms with Gasteiger partial charge in [-0.2, -0.15) is 5.26 Å². The number of hydrogen-bond acceptors (Lipinski definition) is 9. The minimum Gasteiger partial charge on any atom is -0.467 e. The Labute approximate surface area is 191 Å². The molecule has 0 N–H and O–H groups in total. The number of rotatable bonds is 9. The molecule has 0 aliphatic carbocycles. The molecule has 0 saturated carbocycles. The summed E-state index contributed by atoms with van der Waals surface area (Å²) in [6, 6.07) is 15.9. The molecule has 2 aromatic heterocycles. The van der Waals surface area contributed by atoms with Crippen molar-refractivity contribution in [2.24, 2.45) is 0 Å². The number of nitriles is 1. The lowest BCUT2D eigenvalue weighted by Crippen LogP contribution is -2.46. The Hall–Kier alpha value is -3.97. The Morgan fingerprint density at radius 2 is 1.91 bits per heavy atom. The average molecular weight is 447 g/mol. The van der Waals surface area contributed by atoms with E-state index in [1.165, 1.54) is 11.9 Å². The summed E-state index contributed by atoms with van der Waals surface area (Å²) in [5.41, 5.74) is 1.10. The van der Waals surface area contributed by atoms with Gasteiger partial charge in [-0.25, -0.2) is 9.97 Å². The molecule has 0 unspecified atom stereocenters. The van der Waals surface area contributed by atoms with Crippen LogP contribution in [0.3, 0.4) is 0 Å². The van der Waals surface area contributed by atoms with Crippen LogP contribution in [0.25, 0.3) is 0 Å². The van der Waals surface area contributed by atoms with Gasteiger partial charge in [0.2, 0.25) is 11.6 Å². The van der Waals surface area contributed by atoms with Crippen LogP contribution < -0.4 is 9.80 Å². The summed E-state index contributed by atoms with van der Waals surface area (Å²) in [5.74, 6) is 1.14. The second kappa shape index (κ2) is 10.6. The standard InChI is InChI=1S/C23H25N7O3/c24-9-5-10-29(17-20-8-4-15-33-20)23-21(30(31)32)22(25-18-26-23)28-13-11-27(12-14-28)16-19-6-2-1-3-7-19/h1-4,6-8,15,18H,5,10-14,16-17H2. The van der Waals surface area contributed by atoms with Crippen molar-refractivity contribution in [1.82, 2.24) is 14.9 Å². The number of nitro groups is 1. The SMILES string of the molecule is N#CCCN(Cc1ccco1)c1ncnc(N2CCN(Cc3ccccc3)CC2)c1[N+](=O)[O-]. The Balaban J connectivity index is 1.54. The summed E-state index contributed by atoms with van der Waals surface area (Å²) in [7, 11) is 0. The zero-order valence-corrected chi connectivity index (χ0v) is 18.2. The van der Waals surface area contributed by atoms with Gasteiger partial charge in [-0.1, -0.05) is 30.3 Å². The van der Waals surface area contributed by atoms with Crippen molar-refractivity contribution in [1.29, 1.82) is 5.26 Å². The summed E-state index contributed by atoms with van der Waals surface area (Å²) < 4.78 is 5.42. The third kappa shape index (κ3) is 5.45. The van der Waals surface area contributed by atoms with E-state index in [9.17, 15) is 10.1 Å². The molecule has 3 aromatic rings. The van der Waals surface area contributed by atoms with E-state index in [1.807, 2.05) is 23.1 Å². The van der Waals surface area contributed by atoms with Crippen LogP contribution in [0.4, 0.5) is 17.3 Å². The molecule has 10 nitrogen and oxygen atoms in total. The third-order valence-electron chi connectivity index (χ3n) is 5.61. The van der Waals surface area contributed by atoms with Gasteiger partial charge in [0.15, 0.2) is 0 Å². The van der Waals surface area contributed by atoms with Crippen LogP contribution in [0.2, 0.25) is 0 Å². The van der Waals surface area contributed by atoms with Gasteiger partial charge >= 0.3 is 5.69 Å². The molecule has 1 saturated heterocycles. The molecule has 0 amide bonds. The number of aromatic nitrogens is 2. The first-order valence-corrected chi connectivity index (χ1v) is 10.8. The van der Waals surface area contributed by atoms with Crippen LogP contribution in [0.5, 0.6) is 0 Å². The molecule has 1 fully saturated rings. The maximum atomic E-state index is 12.1. The second-order valence-corrected chi connectivity index (χ2v) is 7.78. The Morgan fingerprint density at radius 1 is 1.12 bits per heavy atom. The maximum absolute atomic E-state index is 12.1. The summed E-state index contributed by atoms with van der Waals surface area (Å²) >= 11 is 0. The fraction of sp³-hybridized carbons (Fsp3) is 0.348. The van der Waals surface area contributed by atoms with E-state index in [-0.39, 0.29) is 24.5 Å². The summed E-state index contributed by atoms with van der Waals surface area (Å²) in [4.78, 5) is 26.2. The van der Waals surface area contributed by atoms with Crippen molar-refractivity contribution in [3.8, 4) is 6.07 Å². The summed E-state index contributed by atoms with van der Waals surface area (Å²) in [6.45, 7) is 4.21. The first-order chi connectivity index (χ1) is 16.2. The summed E-state index contributed by atoms with van der Waals surface area (Å²) in [6.07, 6.45) is 3.11. The smallest absolute Gasteiger partial charge is 0.353 e. The zero-order chi connectivity index (χ0) is 23.0. The lowest BCUT2D eigenvalue weighted by Gasteiger charge is -2.35. The van der Waals surface area contributed by atoms with E-state index < -0.39 is 4.92 Å². The number of anilines is 2. The lowest BCUT2D eigenvalue weighted by atomic mass is 10.2. The van der Waals surface area contributed by atoms with Crippen molar-refractivity contribution >= 4 is 17.3 Å². The fourth-order valence-corrected chi connectivity index (χ4v) is 3.98. The normalized spacial score (nSPS) is 14.1. The number of hydrogen-bond donors (Lipinski definition) is 0. The van der Waals surface area contributed by atoms with Crippen molar-refractivity contribution in [3.05, 3.63) is 76.5 Å². The number of furan rings is 1. The maximum Gasteiger partial charge on any atom is 0.353 e. The van der Waals surface area contributed by atoms with Gasteiger partial charge in [0, 0.05) is 39.3 Å². The van der Waals surface area contributed by atoms with Crippen molar-refractivity contribution in [2.75, 3.05) is 42.5 Å². The quantitative estimate of drug-likeness (QED) is 0.360. The molecule has 4 rings (SSSR count). The monoisotopic (exact) mass is 447 g/mol. The molecule has 0 atom stereocenters. The van der Waals surface area contributed by atoms with Gasteiger partial charge in [0.05, 0.1) is 30.2 Å². The van der Waals surface area contributed by atoms with Crippen molar-refractivity contribution in [3.63, 3.8) is 0 Å². The minimum absolute atomic E-state index is 0.140. The molecule has 1 aliphatic heterocycles. The van der Waals surface area contributed by atoms with Crippen LogP contribution in [-0.4, -0.2) is 52.5 Å². The lowest BCUT2D eigenvalue weighted by molar-refractivity contribution is -0.383. The third-order valence-corrected chi connectivity index (χ3v) is 5.61. The highest BCUT2D eigenvalue weighted by molar-refractivity contribution is 5.71. The molecule has 3 heterocycles. The Morgan fingerprint density at radius 3 is 2.58 bits per heavy atom. The molecule has 1 aliphatic rings. The largest absolute Gasteiger partial charge is 0.467 e. The number of nitrogens with zero attached hydrogens (tertiary/aromatic N) is 7. The van der Waals surface area contributed by atoms with Crippen LogP contribution in [0.15, 0.2) is 59.5 Å². The number of benzene rings is 1. The van der Waals surface area contributed by atoms with Crippen LogP contribution >= 0.6 is 0 Å². The highest BCUT2D eigenvalue weighted by atomic mass is 16.6. The Kier molecular flexibility index (Phi) is 7.12. The molecule has 1 aromatic carbocycles. The van der Waals surface area contributed by atoms with Gasteiger partial charge in [0.1, 0.15) is 12.1 Å². The van der Waals surface area contributed by atoms with Crippen LogP contribution in [0, 0.1) is 21.4 Å². The van der Waals surface area contributed by atoms with Gasteiger partial charge in [-0.05, 0) is 17.7 Å². The van der Waals surface area contributed by atoms with Crippen molar-refractivity contribution < 1.29 is 9.34 Å². The van der Waals surface area contributed by atoms with E-state index in [4.69, 9.17) is 9.68 Å². The molecular formula is C23H25N7O3. The van der Waals surface area contributed by atoms with Crippen LogP contribution in [0.1, 0.15) is 17.7 Å². The molecule has 0 bridgehead atoms. The topological polar surface area (TPSA) is 116 Å². The van der Waals surface area contributed by atoms with Crippen LogP contribution in [-0.2, 0) is 13.1 Å². The zero-order valence-electron chi connectivity index (χ0n) is 18.2. The first-order valence-electron chi connectivity index (χ1n) is 10.8. The Bertz CT molecular complexity index is 1090. The van der Waals surface area contributed by atoms with E-state index >= 15 is 0 Å². The number of piperazine rings is 1. The molecular weight excluding hydrogens is 422 g/mol. The summed E-state index contributed by atoms with van der Waals surface area (Å²) in [5, 5.41) is 21.2. The minimum atomic E-state index is -0.428. The van der Waals surface area contributed by atoms with Gasteiger partial charge in [-0.15, -0.1) is 0 Å². The first kappa shape index (κ1) is 22.2. The predicted molar refractivity (Wildman–Crippen MR) is 123 cm³/mol. The molecule has 10 heteroatoms. The van der Waals surface area contributed by atoms with E-state index in [2.05, 4.69) is 33.1 Å². The fourth-order valence-electron chi connectivity index (χ4n) is 3.98.